The minimum Gasteiger partial charge on any atom is -0.389 e. The highest BCUT2D eigenvalue weighted by atomic mass is 16.3. The summed E-state index contributed by atoms with van der Waals surface area (Å²) in [6.07, 6.45) is -0.867. The van der Waals surface area contributed by atoms with Crippen molar-refractivity contribution in [3.05, 3.63) is 59.7 Å². The van der Waals surface area contributed by atoms with Crippen molar-refractivity contribution in [1.82, 2.24) is 0 Å². The quantitative estimate of drug-likeness (QED) is 0.865. The van der Waals surface area contributed by atoms with Crippen molar-refractivity contribution in [3.63, 3.8) is 0 Å². The molecule has 0 aliphatic heterocycles. The SMILES string of the molecule is C[C@H](O)c1ccc(-c2ccc([C@@H](C)O)cc2)cc1. The molecule has 18 heavy (non-hydrogen) atoms. The van der Waals surface area contributed by atoms with Gasteiger partial charge >= 0.3 is 0 Å². The molecule has 2 N–H and O–H groups in total. The first-order valence-electron chi connectivity index (χ1n) is 6.14. The number of hydrogen-bond acceptors (Lipinski definition) is 2. The summed E-state index contributed by atoms with van der Waals surface area (Å²) in [6.45, 7) is 3.51. The molecular formula is C16H18O2. The van der Waals surface area contributed by atoms with Crippen LogP contribution in [0, 0.1) is 0 Å². The van der Waals surface area contributed by atoms with Gasteiger partial charge in [0.2, 0.25) is 0 Å². The molecule has 0 aliphatic rings. The molecule has 0 saturated carbocycles. The molecule has 2 aromatic carbocycles. The van der Waals surface area contributed by atoms with Crippen molar-refractivity contribution < 1.29 is 10.2 Å². The van der Waals surface area contributed by atoms with E-state index >= 15 is 0 Å². The number of hydrogen-bond donors (Lipinski definition) is 2. The van der Waals surface area contributed by atoms with Crippen LogP contribution in [-0.2, 0) is 0 Å². The summed E-state index contributed by atoms with van der Waals surface area (Å²) in [4.78, 5) is 0. The Morgan fingerprint density at radius 3 is 1.11 bits per heavy atom. The van der Waals surface area contributed by atoms with Crippen LogP contribution in [0.5, 0.6) is 0 Å². The van der Waals surface area contributed by atoms with Gasteiger partial charge in [-0.2, -0.15) is 0 Å². The first-order valence-corrected chi connectivity index (χ1v) is 6.14. The van der Waals surface area contributed by atoms with Gasteiger partial charge in [-0.1, -0.05) is 48.5 Å². The zero-order valence-corrected chi connectivity index (χ0v) is 10.7. The lowest BCUT2D eigenvalue weighted by atomic mass is 10.0. The first kappa shape index (κ1) is 12.8. The molecule has 2 rings (SSSR count). The van der Waals surface area contributed by atoms with Gasteiger partial charge in [-0.25, -0.2) is 0 Å². The third kappa shape index (κ3) is 2.78. The Labute approximate surface area is 108 Å². The van der Waals surface area contributed by atoms with Gasteiger partial charge in [-0.15, -0.1) is 0 Å². The minimum absolute atomic E-state index is 0.434. The van der Waals surface area contributed by atoms with Gasteiger partial charge in [0.1, 0.15) is 0 Å². The van der Waals surface area contributed by atoms with Gasteiger partial charge < -0.3 is 10.2 Å². The Kier molecular flexibility index (Phi) is 3.80. The molecule has 0 spiro atoms. The molecule has 94 valence electrons. The van der Waals surface area contributed by atoms with Gasteiger partial charge in [0.15, 0.2) is 0 Å². The Hall–Kier alpha value is -1.64. The van der Waals surface area contributed by atoms with Crippen LogP contribution < -0.4 is 0 Å². The van der Waals surface area contributed by atoms with Crippen molar-refractivity contribution in [3.8, 4) is 11.1 Å². The maximum atomic E-state index is 9.45. The van der Waals surface area contributed by atoms with E-state index in [2.05, 4.69) is 0 Å². The van der Waals surface area contributed by atoms with E-state index in [0.717, 1.165) is 22.3 Å². The summed E-state index contributed by atoms with van der Waals surface area (Å²) in [7, 11) is 0. The van der Waals surface area contributed by atoms with Gasteiger partial charge in [0.25, 0.3) is 0 Å². The zero-order chi connectivity index (χ0) is 13.1. The monoisotopic (exact) mass is 242 g/mol. The second kappa shape index (κ2) is 5.34. The lowest BCUT2D eigenvalue weighted by Gasteiger charge is -2.08. The Bertz CT molecular complexity index is 446. The average molecular weight is 242 g/mol. The smallest absolute Gasteiger partial charge is 0.0761 e. The lowest BCUT2D eigenvalue weighted by molar-refractivity contribution is 0.199. The Balaban J connectivity index is 2.25. The molecule has 2 atom stereocenters. The average Bonchev–Trinajstić information content (AvgIpc) is 2.39. The second-order valence-electron chi connectivity index (χ2n) is 4.60. The summed E-state index contributed by atoms with van der Waals surface area (Å²) in [5.41, 5.74) is 4.05. The summed E-state index contributed by atoms with van der Waals surface area (Å²) in [5.74, 6) is 0. The van der Waals surface area contributed by atoms with E-state index in [1.54, 1.807) is 13.8 Å². The van der Waals surface area contributed by atoms with Gasteiger partial charge in [0.05, 0.1) is 12.2 Å². The molecular weight excluding hydrogens is 224 g/mol. The third-order valence-corrected chi connectivity index (χ3v) is 3.12. The fraction of sp³-hybridized carbons (Fsp3) is 0.250. The van der Waals surface area contributed by atoms with Crippen molar-refractivity contribution in [2.24, 2.45) is 0 Å². The van der Waals surface area contributed by atoms with Crippen LogP contribution in [0.4, 0.5) is 0 Å². The van der Waals surface area contributed by atoms with Crippen LogP contribution in [-0.4, -0.2) is 10.2 Å². The molecule has 0 bridgehead atoms. The molecule has 2 aromatic rings. The fourth-order valence-electron chi connectivity index (χ4n) is 1.91. The van der Waals surface area contributed by atoms with E-state index in [1.807, 2.05) is 48.5 Å². The predicted octanol–water partition coefficient (Wildman–Crippen LogP) is 3.46. The van der Waals surface area contributed by atoms with E-state index in [9.17, 15) is 10.2 Å². The van der Waals surface area contributed by atoms with Crippen LogP contribution in [0.3, 0.4) is 0 Å². The standard InChI is InChI=1S/C16H18O2/c1-11(17)13-3-7-15(8-4-13)16-9-5-14(6-10-16)12(2)18/h3-12,17-18H,1-2H3/t11-,12+. The molecule has 0 unspecified atom stereocenters. The van der Waals surface area contributed by atoms with Crippen LogP contribution in [0.2, 0.25) is 0 Å². The summed E-state index contributed by atoms with van der Waals surface area (Å²) in [6, 6.07) is 15.7. The molecule has 0 aliphatic carbocycles. The van der Waals surface area contributed by atoms with Crippen molar-refractivity contribution in [2.75, 3.05) is 0 Å². The molecule has 2 nitrogen and oxygen atoms in total. The topological polar surface area (TPSA) is 40.5 Å². The van der Waals surface area contributed by atoms with E-state index in [-0.39, 0.29) is 0 Å². The fourth-order valence-corrected chi connectivity index (χ4v) is 1.91. The molecule has 0 aromatic heterocycles. The highest BCUT2D eigenvalue weighted by molar-refractivity contribution is 5.64. The molecule has 0 amide bonds. The maximum absolute atomic E-state index is 9.45. The van der Waals surface area contributed by atoms with Crippen LogP contribution in [0.25, 0.3) is 11.1 Å². The first-order chi connectivity index (χ1) is 8.58. The number of aliphatic hydroxyl groups excluding tert-OH is 2. The van der Waals surface area contributed by atoms with Crippen molar-refractivity contribution in [1.29, 1.82) is 0 Å². The number of aliphatic hydroxyl groups is 2. The maximum Gasteiger partial charge on any atom is 0.0761 e. The summed E-state index contributed by atoms with van der Waals surface area (Å²) in [5, 5.41) is 18.9. The Morgan fingerprint density at radius 2 is 0.889 bits per heavy atom. The van der Waals surface area contributed by atoms with Crippen molar-refractivity contribution in [2.45, 2.75) is 26.1 Å². The predicted molar refractivity (Wildman–Crippen MR) is 73.1 cm³/mol. The lowest BCUT2D eigenvalue weighted by Crippen LogP contribution is -1.91. The van der Waals surface area contributed by atoms with Gasteiger partial charge in [0, 0.05) is 0 Å². The van der Waals surface area contributed by atoms with Crippen LogP contribution in [0.1, 0.15) is 37.2 Å². The molecule has 0 saturated heterocycles. The third-order valence-electron chi connectivity index (χ3n) is 3.12. The molecule has 0 heterocycles. The summed E-state index contributed by atoms with van der Waals surface area (Å²) >= 11 is 0. The van der Waals surface area contributed by atoms with Crippen LogP contribution in [0.15, 0.2) is 48.5 Å². The largest absolute Gasteiger partial charge is 0.389 e. The number of rotatable bonds is 3. The van der Waals surface area contributed by atoms with Crippen LogP contribution >= 0.6 is 0 Å². The molecule has 0 fully saturated rings. The van der Waals surface area contributed by atoms with Gasteiger partial charge in [-0.3, -0.25) is 0 Å². The highest BCUT2D eigenvalue weighted by Gasteiger charge is 2.03. The highest BCUT2D eigenvalue weighted by Crippen LogP contribution is 2.23. The zero-order valence-electron chi connectivity index (χ0n) is 10.7. The van der Waals surface area contributed by atoms with E-state index in [1.165, 1.54) is 0 Å². The van der Waals surface area contributed by atoms with E-state index in [4.69, 9.17) is 0 Å². The van der Waals surface area contributed by atoms with Crippen molar-refractivity contribution >= 4 is 0 Å². The summed E-state index contributed by atoms with van der Waals surface area (Å²) < 4.78 is 0. The second-order valence-corrected chi connectivity index (χ2v) is 4.60. The Morgan fingerprint density at radius 1 is 0.611 bits per heavy atom. The van der Waals surface area contributed by atoms with E-state index < -0.39 is 12.2 Å². The molecule has 0 radical (unpaired) electrons. The van der Waals surface area contributed by atoms with E-state index in [0.29, 0.717) is 0 Å². The number of benzene rings is 2. The minimum atomic E-state index is -0.434. The van der Waals surface area contributed by atoms with Gasteiger partial charge in [-0.05, 0) is 36.1 Å². The normalized spacial score (nSPS) is 14.2. The molecule has 2 heteroatoms.